The Balaban J connectivity index is 2.10. The lowest BCUT2D eigenvalue weighted by atomic mass is 9.82. The second kappa shape index (κ2) is 4.83. The molecule has 0 spiro atoms. The molecule has 0 heteroatoms. The molecule has 0 radical (unpaired) electrons. The molecule has 0 bridgehead atoms. The van der Waals surface area contributed by atoms with Crippen LogP contribution in [0.15, 0.2) is 60.7 Å². The van der Waals surface area contributed by atoms with Gasteiger partial charge in [-0.25, -0.2) is 0 Å². The molecule has 0 aliphatic heterocycles. The Morgan fingerprint density at radius 3 is 2.09 bits per heavy atom. The van der Waals surface area contributed by atoms with Crippen molar-refractivity contribution in [3.05, 3.63) is 71.8 Å². The fourth-order valence-electron chi connectivity index (χ4n) is 3.73. The highest BCUT2D eigenvalue weighted by Gasteiger charge is 2.17. The minimum Gasteiger partial charge on any atom is -0.0616 e. The van der Waals surface area contributed by atoms with Gasteiger partial charge < -0.3 is 0 Å². The van der Waals surface area contributed by atoms with Crippen LogP contribution in [0.3, 0.4) is 0 Å². The maximum Gasteiger partial charge on any atom is -0.00990 e. The molecule has 0 amide bonds. The van der Waals surface area contributed by atoms with Crippen LogP contribution in [0.5, 0.6) is 0 Å². The standard InChI is InChI=1S/C23H22/c1-15-11-18-13-21-17(10-9-16-7-5-6-8-20(16)21)12-19(18)14-22(15)23(2,3)4/h5-14H,1-4H3. The Hall–Kier alpha value is -2.34. The largest absolute Gasteiger partial charge is 0.0616 e. The molecule has 0 nitrogen and oxygen atoms in total. The highest BCUT2D eigenvalue weighted by Crippen LogP contribution is 2.33. The third-order valence-corrected chi connectivity index (χ3v) is 4.85. The molecule has 0 unspecified atom stereocenters. The molecule has 0 aliphatic rings. The van der Waals surface area contributed by atoms with Crippen LogP contribution in [-0.2, 0) is 5.41 Å². The lowest BCUT2D eigenvalue weighted by Crippen LogP contribution is -2.12. The zero-order valence-corrected chi connectivity index (χ0v) is 14.3. The minimum atomic E-state index is 0.177. The summed E-state index contributed by atoms with van der Waals surface area (Å²) in [6, 6.07) is 22.5. The quantitative estimate of drug-likeness (QED) is 0.249. The van der Waals surface area contributed by atoms with E-state index in [1.54, 1.807) is 0 Å². The summed E-state index contributed by atoms with van der Waals surface area (Å²) in [6.45, 7) is 9.09. The lowest BCUT2D eigenvalue weighted by molar-refractivity contribution is 0.587. The van der Waals surface area contributed by atoms with E-state index in [-0.39, 0.29) is 5.41 Å². The fraction of sp³-hybridized carbons (Fsp3) is 0.217. The van der Waals surface area contributed by atoms with Gasteiger partial charge in [-0.2, -0.15) is 0 Å². The summed E-state index contributed by atoms with van der Waals surface area (Å²) in [5.41, 5.74) is 2.99. The maximum absolute atomic E-state index is 2.37. The highest BCUT2D eigenvalue weighted by molar-refractivity contribution is 6.12. The van der Waals surface area contributed by atoms with Crippen molar-refractivity contribution in [1.82, 2.24) is 0 Å². The van der Waals surface area contributed by atoms with Crippen LogP contribution >= 0.6 is 0 Å². The van der Waals surface area contributed by atoms with Gasteiger partial charge in [0.2, 0.25) is 0 Å². The van der Waals surface area contributed by atoms with Crippen molar-refractivity contribution < 1.29 is 0 Å². The molecular formula is C23H22. The van der Waals surface area contributed by atoms with Gasteiger partial charge in [0.05, 0.1) is 0 Å². The first-order chi connectivity index (χ1) is 10.9. The van der Waals surface area contributed by atoms with Crippen molar-refractivity contribution in [3.63, 3.8) is 0 Å². The minimum absolute atomic E-state index is 0.177. The van der Waals surface area contributed by atoms with Crippen LogP contribution in [0.4, 0.5) is 0 Å². The second-order valence-corrected chi connectivity index (χ2v) is 7.62. The van der Waals surface area contributed by atoms with E-state index < -0.39 is 0 Å². The predicted molar refractivity (Wildman–Crippen MR) is 102 cm³/mol. The number of aryl methyl sites for hydroxylation is 1. The molecule has 4 aromatic carbocycles. The van der Waals surface area contributed by atoms with Gasteiger partial charge in [-0.3, -0.25) is 0 Å². The monoisotopic (exact) mass is 298 g/mol. The van der Waals surface area contributed by atoms with Gasteiger partial charge >= 0.3 is 0 Å². The molecular weight excluding hydrogens is 276 g/mol. The zero-order chi connectivity index (χ0) is 16.2. The lowest BCUT2D eigenvalue weighted by Gasteiger charge is -2.22. The number of fused-ring (bicyclic) bond motifs is 4. The summed E-state index contributed by atoms with van der Waals surface area (Å²) in [5, 5.41) is 7.98. The topological polar surface area (TPSA) is 0 Å². The van der Waals surface area contributed by atoms with Crippen molar-refractivity contribution in [2.75, 3.05) is 0 Å². The van der Waals surface area contributed by atoms with E-state index >= 15 is 0 Å². The average molecular weight is 298 g/mol. The first kappa shape index (κ1) is 14.3. The van der Waals surface area contributed by atoms with E-state index in [1.807, 2.05) is 0 Å². The Labute approximate surface area is 137 Å². The van der Waals surface area contributed by atoms with Gasteiger partial charge in [0.15, 0.2) is 0 Å². The van der Waals surface area contributed by atoms with Gasteiger partial charge in [0.1, 0.15) is 0 Å². The molecule has 4 aromatic rings. The summed E-state index contributed by atoms with van der Waals surface area (Å²) in [5.74, 6) is 0. The van der Waals surface area contributed by atoms with E-state index in [1.165, 1.54) is 43.4 Å². The van der Waals surface area contributed by atoms with Gasteiger partial charge in [-0.05, 0) is 67.9 Å². The molecule has 114 valence electrons. The van der Waals surface area contributed by atoms with Gasteiger partial charge in [-0.1, -0.05) is 69.3 Å². The molecule has 23 heavy (non-hydrogen) atoms. The first-order valence-corrected chi connectivity index (χ1v) is 8.30. The van der Waals surface area contributed by atoms with Crippen LogP contribution in [0.2, 0.25) is 0 Å². The fourth-order valence-corrected chi connectivity index (χ4v) is 3.73. The Morgan fingerprint density at radius 1 is 0.609 bits per heavy atom. The number of hydrogen-bond acceptors (Lipinski definition) is 0. The third kappa shape index (κ3) is 2.30. The van der Waals surface area contributed by atoms with Crippen molar-refractivity contribution in [2.45, 2.75) is 33.1 Å². The van der Waals surface area contributed by atoms with Gasteiger partial charge in [0.25, 0.3) is 0 Å². The van der Waals surface area contributed by atoms with E-state index in [9.17, 15) is 0 Å². The van der Waals surface area contributed by atoms with E-state index in [0.717, 1.165) is 0 Å². The van der Waals surface area contributed by atoms with Gasteiger partial charge in [0, 0.05) is 0 Å². The number of benzene rings is 4. The molecule has 0 N–H and O–H groups in total. The normalized spacial score (nSPS) is 12.3. The second-order valence-electron chi connectivity index (χ2n) is 7.62. The number of hydrogen-bond donors (Lipinski definition) is 0. The molecule has 4 rings (SSSR count). The molecule has 0 saturated heterocycles. The highest BCUT2D eigenvalue weighted by atomic mass is 14.2. The third-order valence-electron chi connectivity index (χ3n) is 4.85. The number of rotatable bonds is 0. The summed E-state index contributed by atoms with van der Waals surface area (Å²) >= 11 is 0. The van der Waals surface area contributed by atoms with Crippen LogP contribution in [0.25, 0.3) is 32.3 Å². The van der Waals surface area contributed by atoms with Gasteiger partial charge in [-0.15, -0.1) is 0 Å². The average Bonchev–Trinajstić information content (AvgIpc) is 2.51. The molecule has 0 aromatic heterocycles. The first-order valence-electron chi connectivity index (χ1n) is 8.30. The Morgan fingerprint density at radius 2 is 1.30 bits per heavy atom. The SMILES string of the molecule is Cc1cc2cc3c(ccc4ccccc43)cc2cc1C(C)(C)C. The van der Waals surface area contributed by atoms with Crippen LogP contribution < -0.4 is 0 Å². The summed E-state index contributed by atoms with van der Waals surface area (Å²) in [7, 11) is 0. The Kier molecular flexibility index (Phi) is 2.99. The smallest absolute Gasteiger partial charge is 0.00990 e. The van der Waals surface area contributed by atoms with Crippen molar-refractivity contribution in [1.29, 1.82) is 0 Å². The zero-order valence-electron chi connectivity index (χ0n) is 14.3. The van der Waals surface area contributed by atoms with E-state index in [4.69, 9.17) is 0 Å². The molecule has 0 atom stereocenters. The summed E-state index contributed by atoms with van der Waals surface area (Å²) < 4.78 is 0. The van der Waals surface area contributed by atoms with E-state index in [2.05, 4.69) is 88.4 Å². The van der Waals surface area contributed by atoms with Crippen LogP contribution in [0, 0.1) is 6.92 Å². The van der Waals surface area contributed by atoms with Crippen molar-refractivity contribution >= 4 is 32.3 Å². The predicted octanol–water partition coefficient (Wildman–Crippen LogP) is 6.75. The van der Waals surface area contributed by atoms with Crippen molar-refractivity contribution in [3.8, 4) is 0 Å². The van der Waals surface area contributed by atoms with Crippen LogP contribution in [-0.4, -0.2) is 0 Å². The Bertz CT molecular complexity index is 1050. The molecule has 0 heterocycles. The van der Waals surface area contributed by atoms with Crippen LogP contribution in [0.1, 0.15) is 31.9 Å². The van der Waals surface area contributed by atoms with E-state index in [0.29, 0.717) is 0 Å². The maximum atomic E-state index is 2.37. The molecule has 0 saturated carbocycles. The summed E-state index contributed by atoms with van der Waals surface area (Å²) in [6.07, 6.45) is 0. The molecule has 0 fully saturated rings. The molecule has 0 aliphatic carbocycles. The van der Waals surface area contributed by atoms with Crippen molar-refractivity contribution in [2.24, 2.45) is 0 Å². The summed E-state index contributed by atoms with van der Waals surface area (Å²) in [4.78, 5) is 0.